The van der Waals surface area contributed by atoms with E-state index in [1.807, 2.05) is 43.3 Å². The fourth-order valence-electron chi connectivity index (χ4n) is 2.62. The standard InChI is InChI=1S/C22H18N4O2/c1-15(17-5-3-2-4-6-17)25-21(27)18-11-19(14-24-13-18)22(28)26-20-9-7-16(12-23)8-10-20/h2-11,13-15H,1H3,(H,25,27)(H,26,28). The number of pyridine rings is 1. The zero-order chi connectivity index (χ0) is 19.9. The highest BCUT2D eigenvalue weighted by Crippen LogP contribution is 2.14. The number of carbonyl (C=O) groups is 2. The summed E-state index contributed by atoms with van der Waals surface area (Å²) in [5.41, 5.74) is 2.61. The van der Waals surface area contributed by atoms with Gasteiger partial charge in [0.25, 0.3) is 11.8 Å². The van der Waals surface area contributed by atoms with E-state index in [1.165, 1.54) is 18.5 Å². The molecule has 6 nitrogen and oxygen atoms in total. The van der Waals surface area contributed by atoms with Gasteiger partial charge in [-0.25, -0.2) is 0 Å². The summed E-state index contributed by atoms with van der Waals surface area (Å²) in [4.78, 5) is 29.0. The van der Waals surface area contributed by atoms with Gasteiger partial charge < -0.3 is 10.6 Å². The summed E-state index contributed by atoms with van der Waals surface area (Å²) < 4.78 is 0. The third kappa shape index (κ3) is 4.59. The molecule has 0 radical (unpaired) electrons. The lowest BCUT2D eigenvalue weighted by Crippen LogP contribution is -2.27. The zero-order valence-corrected chi connectivity index (χ0v) is 15.2. The van der Waals surface area contributed by atoms with E-state index < -0.39 is 0 Å². The van der Waals surface area contributed by atoms with Gasteiger partial charge in [0.2, 0.25) is 0 Å². The van der Waals surface area contributed by atoms with Crippen LogP contribution in [-0.4, -0.2) is 16.8 Å². The van der Waals surface area contributed by atoms with Gasteiger partial charge in [-0.2, -0.15) is 5.26 Å². The van der Waals surface area contributed by atoms with E-state index in [0.717, 1.165) is 5.56 Å². The van der Waals surface area contributed by atoms with Crippen LogP contribution < -0.4 is 10.6 Å². The normalized spacial score (nSPS) is 11.1. The molecular formula is C22H18N4O2. The molecule has 3 aromatic rings. The van der Waals surface area contributed by atoms with Crippen LogP contribution in [0, 0.1) is 11.3 Å². The van der Waals surface area contributed by atoms with Crippen molar-refractivity contribution >= 4 is 17.5 Å². The first kappa shape index (κ1) is 18.8. The minimum Gasteiger partial charge on any atom is -0.345 e. The molecule has 0 spiro atoms. The molecule has 1 aromatic heterocycles. The molecule has 0 aliphatic heterocycles. The molecule has 2 aromatic carbocycles. The van der Waals surface area contributed by atoms with Crippen LogP contribution in [0.3, 0.4) is 0 Å². The Morgan fingerprint density at radius 1 is 0.964 bits per heavy atom. The quantitative estimate of drug-likeness (QED) is 0.716. The fourth-order valence-corrected chi connectivity index (χ4v) is 2.62. The summed E-state index contributed by atoms with van der Waals surface area (Å²) in [7, 11) is 0. The van der Waals surface area contributed by atoms with Crippen LogP contribution in [0.2, 0.25) is 0 Å². The van der Waals surface area contributed by atoms with Gasteiger partial charge in [-0.1, -0.05) is 30.3 Å². The second-order valence-electron chi connectivity index (χ2n) is 6.21. The molecule has 0 aliphatic rings. The molecule has 6 heteroatoms. The van der Waals surface area contributed by atoms with Crippen molar-refractivity contribution in [2.75, 3.05) is 5.32 Å². The molecule has 0 bridgehead atoms. The van der Waals surface area contributed by atoms with Crippen LogP contribution in [0.5, 0.6) is 0 Å². The number of hydrogen-bond donors (Lipinski definition) is 2. The van der Waals surface area contributed by atoms with E-state index in [0.29, 0.717) is 16.8 Å². The Labute approximate surface area is 162 Å². The van der Waals surface area contributed by atoms with Crippen molar-refractivity contribution in [3.8, 4) is 6.07 Å². The molecule has 0 saturated heterocycles. The summed E-state index contributed by atoms with van der Waals surface area (Å²) in [6, 6.07) is 19.5. The van der Waals surface area contributed by atoms with E-state index in [9.17, 15) is 9.59 Å². The molecule has 2 amide bonds. The van der Waals surface area contributed by atoms with Crippen LogP contribution in [0.4, 0.5) is 5.69 Å². The Bertz CT molecular complexity index is 1020. The third-order valence-electron chi connectivity index (χ3n) is 4.18. The molecule has 3 rings (SSSR count). The fraction of sp³-hybridized carbons (Fsp3) is 0.0909. The van der Waals surface area contributed by atoms with Gasteiger partial charge in [0, 0.05) is 18.1 Å². The van der Waals surface area contributed by atoms with E-state index in [4.69, 9.17) is 5.26 Å². The van der Waals surface area contributed by atoms with Gasteiger partial charge in [0.1, 0.15) is 0 Å². The Morgan fingerprint density at radius 3 is 2.25 bits per heavy atom. The largest absolute Gasteiger partial charge is 0.345 e. The van der Waals surface area contributed by atoms with Crippen LogP contribution in [-0.2, 0) is 0 Å². The average molecular weight is 370 g/mol. The molecule has 0 fully saturated rings. The minimum atomic E-state index is -0.386. The average Bonchev–Trinajstić information content (AvgIpc) is 2.75. The van der Waals surface area contributed by atoms with Crippen molar-refractivity contribution < 1.29 is 9.59 Å². The monoisotopic (exact) mass is 370 g/mol. The number of aromatic nitrogens is 1. The summed E-state index contributed by atoms with van der Waals surface area (Å²) in [5, 5.41) is 14.4. The van der Waals surface area contributed by atoms with Crippen molar-refractivity contribution in [1.82, 2.24) is 10.3 Å². The second-order valence-corrected chi connectivity index (χ2v) is 6.21. The summed E-state index contributed by atoms with van der Waals surface area (Å²) in [5.74, 6) is -0.695. The number of nitrogens with one attached hydrogen (secondary N) is 2. The molecule has 2 N–H and O–H groups in total. The van der Waals surface area contributed by atoms with Crippen molar-refractivity contribution in [3.63, 3.8) is 0 Å². The van der Waals surface area contributed by atoms with E-state index in [1.54, 1.807) is 24.3 Å². The van der Waals surface area contributed by atoms with Gasteiger partial charge in [-0.15, -0.1) is 0 Å². The highest BCUT2D eigenvalue weighted by Gasteiger charge is 2.14. The molecule has 0 aliphatic carbocycles. The van der Waals surface area contributed by atoms with Crippen molar-refractivity contribution in [3.05, 3.63) is 95.3 Å². The first-order chi connectivity index (χ1) is 13.6. The second kappa shape index (κ2) is 8.60. The van der Waals surface area contributed by atoms with Gasteiger partial charge in [-0.3, -0.25) is 14.6 Å². The smallest absolute Gasteiger partial charge is 0.257 e. The Morgan fingerprint density at radius 2 is 1.61 bits per heavy atom. The minimum absolute atomic E-state index is 0.176. The van der Waals surface area contributed by atoms with Crippen LogP contribution in [0.25, 0.3) is 0 Å². The number of nitrogens with zero attached hydrogens (tertiary/aromatic N) is 2. The predicted molar refractivity (Wildman–Crippen MR) is 106 cm³/mol. The molecule has 1 unspecified atom stereocenters. The molecule has 1 heterocycles. The highest BCUT2D eigenvalue weighted by molar-refractivity contribution is 6.05. The van der Waals surface area contributed by atoms with Crippen LogP contribution in [0.1, 0.15) is 44.8 Å². The first-order valence-electron chi connectivity index (χ1n) is 8.69. The topological polar surface area (TPSA) is 94.9 Å². The van der Waals surface area contributed by atoms with Gasteiger partial charge in [-0.05, 0) is 42.8 Å². The van der Waals surface area contributed by atoms with Crippen molar-refractivity contribution in [2.24, 2.45) is 0 Å². The number of nitriles is 1. The number of hydrogen-bond acceptors (Lipinski definition) is 4. The molecular weight excluding hydrogens is 352 g/mol. The molecule has 28 heavy (non-hydrogen) atoms. The molecule has 138 valence electrons. The number of anilines is 1. The first-order valence-corrected chi connectivity index (χ1v) is 8.69. The number of carbonyl (C=O) groups excluding carboxylic acids is 2. The molecule has 0 saturated carbocycles. The predicted octanol–water partition coefficient (Wildman–Crippen LogP) is 3.70. The lowest BCUT2D eigenvalue weighted by Gasteiger charge is -2.14. The Hall–Kier alpha value is -3.98. The van der Waals surface area contributed by atoms with Gasteiger partial charge in [0.15, 0.2) is 0 Å². The lowest BCUT2D eigenvalue weighted by molar-refractivity contribution is 0.0939. The Kier molecular flexibility index (Phi) is 5.78. The molecule has 1 atom stereocenters. The van der Waals surface area contributed by atoms with Gasteiger partial charge in [0.05, 0.1) is 28.8 Å². The lowest BCUT2D eigenvalue weighted by atomic mass is 10.1. The van der Waals surface area contributed by atoms with E-state index >= 15 is 0 Å². The van der Waals surface area contributed by atoms with E-state index in [2.05, 4.69) is 15.6 Å². The summed E-state index contributed by atoms with van der Waals surface area (Å²) in [6.45, 7) is 1.89. The number of amides is 2. The maximum absolute atomic E-state index is 12.5. The van der Waals surface area contributed by atoms with Crippen molar-refractivity contribution in [2.45, 2.75) is 13.0 Å². The Balaban J connectivity index is 1.69. The highest BCUT2D eigenvalue weighted by atomic mass is 16.2. The van der Waals surface area contributed by atoms with Gasteiger partial charge >= 0.3 is 0 Å². The maximum Gasteiger partial charge on any atom is 0.257 e. The maximum atomic E-state index is 12.5. The SMILES string of the molecule is CC(NC(=O)c1cncc(C(=O)Nc2ccc(C#N)cc2)c1)c1ccccc1. The summed E-state index contributed by atoms with van der Waals surface area (Å²) in [6.07, 6.45) is 2.82. The number of benzene rings is 2. The number of rotatable bonds is 5. The zero-order valence-electron chi connectivity index (χ0n) is 15.2. The third-order valence-corrected chi connectivity index (χ3v) is 4.18. The van der Waals surface area contributed by atoms with Crippen LogP contribution >= 0.6 is 0 Å². The van der Waals surface area contributed by atoms with E-state index in [-0.39, 0.29) is 23.4 Å². The van der Waals surface area contributed by atoms with Crippen LogP contribution in [0.15, 0.2) is 73.1 Å². The van der Waals surface area contributed by atoms with Crippen molar-refractivity contribution in [1.29, 1.82) is 5.26 Å². The summed E-state index contributed by atoms with van der Waals surface area (Å²) >= 11 is 0.